The average molecular weight is 142 g/mol. The summed E-state index contributed by atoms with van der Waals surface area (Å²) in [4.78, 5) is 0. The molecule has 0 N–H and O–H groups in total. The first kappa shape index (κ1) is 11.2. The number of alkyl halides is 3. The predicted molar refractivity (Wildman–Crippen MR) is 23.5 cm³/mol. The third kappa shape index (κ3) is 4.50. The quantitative estimate of drug-likeness (QED) is 0.364. The van der Waals surface area contributed by atoms with Crippen molar-refractivity contribution < 1.29 is 21.6 Å². The van der Waals surface area contributed by atoms with E-state index in [1.165, 1.54) is 0 Å². The molecular formula is CH2F3LiO2S. The maximum absolute atomic E-state index is 10.6. The molecule has 46 valence electrons. The zero-order chi connectivity index (χ0) is 6.08. The predicted octanol–water partition coefficient (Wildman–Crippen LogP) is -0.531. The molecule has 0 fully saturated rings. The molecule has 0 rings (SSSR count). The molecule has 0 aliphatic heterocycles. The first-order valence-corrected chi connectivity index (χ1v) is 2.33. The van der Waals surface area contributed by atoms with Gasteiger partial charge in [0.2, 0.25) is 10.7 Å². The van der Waals surface area contributed by atoms with Crippen molar-refractivity contribution in [3.63, 3.8) is 0 Å². The van der Waals surface area contributed by atoms with Crippen molar-refractivity contribution in [2.75, 3.05) is 0 Å². The summed E-state index contributed by atoms with van der Waals surface area (Å²) < 4.78 is 49.6. The molecule has 0 heterocycles. The Morgan fingerprint density at radius 2 is 1.25 bits per heavy atom. The van der Waals surface area contributed by atoms with Crippen LogP contribution in [0.1, 0.15) is 0 Å². The molecule has 7 heteroatoms. The van der Waals surface area contributed by atoms with E-state index in [1.807, 2.05) is 0 Å². The van der Waals surface area contributed by atoms with Crippen LogP contribution in [0.2, 0.25) is 0 Å². The van der Waals surface area contributed by atoms with E-state index in [1.54, 1.807) is 0 Å². The zero-order valence-corrected chi connectivity index (χ0v) is 3.79. The topological polar surface area (TPSA) is 34.1 Å². The van der Waals surface area contributed by atoms with Gasteiger partial charge >= 0.3 is 24.4 Å². The van der Waals surface area contributed by atoms with Crippen LogP contribution in [0.4, 0.5) is 13.2 Å². The standard InChI is InChI=1S/CHF3O2S.Li.H/c2-1(3,4)7(5)6;;/h7H;;. The molecule has 2 nitrogen and oxygen atoms in total. The molecule has 0 spiro atoms. The van der Waals surface area contributed by atoms with Gasteiger partial charge in [0.05, 0.1) is 0 Å². The molecule has 0 aromatic carbocycles. The second-order valence-electron chi connectivity index (χ2n) is 0.725. The summed E-state index contributed by atoms with van der Waals surface area (Å²) in [6.07, 6.45) is 0. The van der Waals surface area contributed by atoms with Crippen LogP contribution in [-0.2, 0) is 10.7 Å². The first-order chi connectivity index (χ1) is 2.94. The van der Waals surface area contributed by atoms with Gasteiger partial charge in [-0.3, -0.25) is 0 Å². The molecule has 0 aromatic heterocycles. The molecule has 0 unspecified atom stereocenters. The summed E-state index contributed by atoms with van der Waals surface area (Å²) in [5.41, 5.74) is -5.05. The average Bonchev–Trinajstić information content (AvgIpc) is 1.31. The van der Waals surface area contributed by atoms with E-state index in [0.717, 1.165) is 0 Å². The van der Waals surface area contributed by atoms with Crippen LogP contribution in [0.5, 0.6) is 0 Å². The van der Waals surface area contributed by atoms with Crippen LogP contribution < -0.4 is 0 Å². The number of hydrogen-bond donors (Lipinski definition) is 1. The second kappa shape index (κ2) is 3.38. The van der Waals surface area contributed by atoms with Gasteiger partial charge in [0.15, 0.2) is 0 Å². The second-order valence-corrected chi connectivity index (χ2v) is 1.75. The summed E-state index contributed by atoms with van der Waals surface area (Å²) in [5.74, 6) is 0. The van der Waals surface area contributed by atoms with Gasteiger partial charge in [0.1, 0.15) is 0 Å². The summed E-state index contributed by atoms with van der Waals surface area (Å²) >= 11 is 0. The van der Waals surface area contributed by atoms with E-state index in [4.69, 9.17) is 8.42 Å². The summed E-state index contributed by atoms with van der Waals surface area (Å²) in [6, 6.07) is 0. The van der Waals surface area contributed by atoms with Crippen molar-refractivity contribution in [1.82, 2.24) is 0 Å². The fourth-order valence-electron chi connectivity index (χ4n) is 0. The van der Waals surface area contributed by atoms with Crippen LogP contribution in [0.15, 0.2) is 0 Å². The van der Waals surface area contributed by atoms with E-state index in [9.17, 15) is 13.2 Å². The van der Waals surface area contributed by atoms with Crippen LogP contribution in [-0.4, -0.2) is 32.8 Å². The van der Waals surface area contributed by atoms with Crippen molar-refractivity contribution in [1.29, 1.82) is 0 Å². The van der Waals surface area contributed by atoms with Gasteiger partial charge in [-0.15, -0.1) is 0 Å². The molecule has 0 aliphatic carbocycles. The minimum absolute atomic E-state index is 0. The Hall–Kier alpha value is 0.337. The van der Waals surface area contributed by atoms with Crippen molar-refractivity contribution in [2.24, 2.45) is 0 Å². The third-order valence-corrected chi connectivity index (χ3v) is 0.621. The van der Waals surface area contributed by atoms with Crippen LogP contribution in [0.25, 0.3) is 0 Å². The van der Waals surface area contributed by atoms with E-state index in [0.29, 0.717) is 0 Å². The van der Waals surface area contributed by atoms with Crippen molar-refractivity contribution in [3.05, 3.63) is 0 Å². The molecule has 0 aromatic rings. The fourth-order valence-corrected chi connectivity index (χ4v) is 0. The molecule has 0 aliphatic rings. The molecule has 0 amide bonds. The molecular weight excluding hydrogens is 140 g/mol. The van der Waals surface area contributed by atoms with Crippen LogP contribution in [0, 0.1) is 0 Å². The Morgan fingerprint density at radius 3 is 1.25 bits per heavy atom. The SMILES string of the molecule is O=[SH](=O)C(F)(F)F.[LiH]. The van der Waals surface area contributed by atoms with Crippen LogP contribution in [0.3, 0.4) is 0 Å². The maximum atomic E-state index is 10.6. The monoisotopic (exact) mass is 142 g/mol. The van der Waals surface area contributed by atoms with Gasteiger partial charge in [0.25, 0.3) is 0 Å². The number of halogens is 3. The molecule has 0 bridgehead atoms. The van der Waals surface area contributed by atoms with Crippen molar-refractivity contribution >= 4 is 29.6 Å². The number of hydrogen-bond acceptors (Lipinski definition) is 2. The molecule has 0 saturated heterocycles. The Labute approximate surface area is 57.2 Å². The van der Waals surface area contributed by atoms with Gasteiger partial charge in [-0.1, -0.05) is 0 Å². The van der Waals surface area contributed by atoms with E-state index < -0.39 is 16.2 Å². The molecule has 8 heavy (non-hydrogen) atoms. The molecule has 0 atom stereocenters. The third-order valence-electron chi connectivity index (χ3n) is 0.207. The van der Waals surface area contributed by atoms with Crippen LogP contribution >= 0.6 is 0 Å². The Bertz CT molecular complexity index is 118. The van der Waals surface area contributed by atoms with Gasteiger partial charge in [-0.2, -0.15) is 13.2 Å². The first-order valence-electron chi connectivity index (χ1n) is 1.16. The van der Waals surface area contributed by atoms with Crippen molar-refractivity contribution in [2.45, 2.75) is 5.51 Å². The van der Waals surface area contributed by atoms with E-state index >= 15 is 0 Å². The van der Waals surface area contributed by atoms with E-state index in [-0.39, 0.29) is 18.9 Å². The fraction of sp³-hybridized carbons (Fsp3) is 1.00. The molecule has 0 saturated carbocycles. The Morgan fingerprint density at radius 1 is 1.12 bits per heavy atom. The summed E-state index contributed by atoms with van der Waals surface area (Å²) in [6.45, 7) is 0. The zero-order valence-electron chi connectivity index (χ0n) is 2.90. The molecule has 0 radical (unpaired) electrons. The van der Waals surface area contributed by atoms with Crippen molar-refractivity contribution in [3.8, 4) is 0 Å². The number of thiol groups is 1. The summed E-state index contributed by atoms with van der Waals surface area (Å²) in [7, 11) is -4.24. The Kier molecular flexibility index (Phi) is 4.72. The minimum atomic E-state index is -5.05. The van der Waals surface area contributed by atoms with Gasteiger partial charge < -0.3 is 0 Å². The van der Waals surface area contributed by atoms with Gasteiger partial charge in [0, 0.05) is 0 Å². The van der Waals surface area contributed by atoms with Gasteiger partial charge in [-0.05, 0) is 0 Å². The van der Waals surface area contributed by atoms with E-state index in [2.05, 4.69) is 0 Å². The number of rotatable bonds is 0. The Balaban J connectivity index is 0. The summed E-state index contributed by atoms with van der Waals surface area (Å²) in [5, 5.41) is 0. The normalized spacial score (nSPS) is 11.0. The van der Waals surface area contributed by atoms with Gasteiger partial charge in [-0.25, -0.2) is 8.42 Å².